The van der Waals surface area contributed by atoms with Crippen molar-refractivity contribution < 1.29 is 9.47 Å². The Bertz CT molecular complexity index is 802. The van der Waals surface area contributed by atoms with Crippen molar-refractivity contribution in [2.75, 3.05) is 25.6 Å². The van der Waals surface area contributed by atoms with Crippen LogP contribution < -0.4 is 10.1 Å². The lowest BCUT2D eigenvalue weighted by molar-refractivity contribution is 0.146. The Kier molecular flexibility index (Phi) is 6.09. The highest BCUT2D eigenvalue weighted by Crippen LogP contribution is 2.21. The van der Waals surface area contributed by atoms with E-state index in [4.69, 9.17) is 9.47 Å². The number of anilines is 1. The summed E-state index contributed by atoms with van der Waals surface area (Å²) in [6.45, 7) is 1.87. The summed E-state index contributed by atoms with van der Waals surface area (Å²) in [4.78, 5) is 0. The van der Waals surface area contributed by atoms with Crippen LogP contribution in [0.5, 0.6) is 5.75 Å². The van der Waals surface area contributed by atoms with E-state index >= 15 is 0 Å². The topological polar surface area (TPSA) is 48.3 Å². The van der Waals surface area contributed by atoms with Gasteiger partial charge in [-0.3, -0.25) is 0 Å². The fourth-order valence-electron chi connectivity index (χ4n) is 2.33. The highest BCUT2D eigenvalue weighted by Gasteiger charge is 2.04. The summed E-state index contributed by atoms with van der Waals surface area (Å²) in [7, 11) is 1.66. The first-order valence-electron chi connectivity index (χ1n) is 8.00. The van der Waals surface area contributed by atoms with Crippen LogP contribution in [0.3, 0.4) is 0 Å². The van der Waals surface area contributed by atoms with E-state index in [9.17, 15) is 0 Å². The van der Waals surface area contributed by atoms with Gasteiger partial charge < -0.3 is 14.8 Å². The molecule has 130 valence electrons. The summed E-state index contributed by atoms with van der Waals surface area (Å²) in [6.07, 6.45) is 3.80. The molecule has 5 nitrogen and oxygen atoms in total. The zero-order valence-electron chi connectivity index (χ0n) is 14.0. The van der Waals surface area contributed by atoms with Crippen molar-refractivity contribution in [1.82, 2.24) is 9.78 Å². The number of rotatable bonds is 8. The maximum Gasteiger partial charge on any atom is 0.119 e. The van der Waals surface area contributed by atoms with Crippen molar-refractivity contribution in [3.8, 4) is 11.4 Å². The second kappa shape index (κ2) is 8.69. The Labute approximate surface area is 155 Å². The maximum atomic E-state index is 5.56. The van der Waals surface area contributed by atoms with E-state index in [1.165, 1.54) is 5.56 Å². The normalized spacial score (nSPS) is 10.6. The van der Waals surface area contributed by atoms with Crippen molar-refractivity contribution >= 4 is 21.6 Å². The molecule has 0 radical (unpaired) electrons. The van der Waals surface area contributed by atoms with E-state index in [0.29, 0.717) is 13.2 Å². The van der Waals surface area contributed by atoms with Gasteiger partial charge in [0.1, 0.15) is 12.4 Å². The molecule has 0 saturated heterocycles. The molecule has 0 aliphatic heterocycles. The maximum absolute atomic E-state index is 5.56. The molecule has 0 amide bonds. The first-order chi connectivity index (χ1) is 12.3. The van der Waals surface area contributed by atoms with Gasteiger partial charge in [-0.1, -0.05) is 24.3 Å². The first kappa shape index (κ1) is 17.5. The van der Waals surface area contributed by atoms with Crippen molar-refractivity contribution in [3.05, 3.63) is 71.0 Å². The van der Waals surface area contributed by atoms with E-state index in [0.717, 1.165) is 28.1 Å². The Morgan fingerprint density at radius 3 is 2.64 bits per heavy atom. The van der Waals surface area contributed by atoms with Gasteiger partial charge in [-0.25, -0.2) is 4.68 Å². The van der Waals surface area contributed by atoms with Gasteiger partial charge in [-0.2, -0.15) is 5.10 Å². The number of aromatic nitrogens is 2. The van der Waals surface area contributed by atoms with Gasteiger partial charge in [-0.15, -0.1) is 0 Å². The third kappa shape index (κ3) is 4.84. The van der Waals surface area contributed by atoms with E-state index in [-0.39, 0.29) is 0 Å². The van der Waals surface area contributed by atoms with Crippen LogP contribution in [-0.4, -0.2) is 30.1 Å². The van der Waals surface area contributed by atoms with Gasteiger partial charge in [0.2, 0.25) is 0 Å². The average Bonchev–Trinajstić information content (AvgIpc) is 3.10. The molecule has 2 aromatic carbocycles. The third-order valence-corrected chi connectivity index (χ3v) is 4.33. The average molecular weight is 402 g/mol. The number of methoxy groups -OCH3 is 1. The van der Waals surface area contributed by atoms with Crippen LogP contribution in [0.25, 0.3) is 5.69 Å². The van der Waals surface area contributed by atoms with Gasteiger partial charge >= 0.3 is 0 Å². The minimum Gasteiger partial charge on any atom is -0.491 e. The van der Waals surface area contributed by atoms with Crippen LogP contribution in [0.4, 0.5) is 5.69 Å². The van der Waals surface area contributed by atoms with E-state index < -0.39 is 0 Å². The standard InChI is InChI=1S/C19H20BrN3O2/c1-24-10-11-25-17-8-6-15(7-9-17)12-21-16-13-22-23(14-16)19-5-3-2-4-18(19)20/h2-9,13-14,21H,10-12H2,1H3. The molecule has 1 N–H and O–H groups in total. The Morgan fingerprint density at radius 2 is 1.88 bits per heavy atom. The number of para-hydroxylation sites is 1. The predicted molar refractivity (Wildman–Crippen MR) is 102 cm³/mol. The summed E-state index contributed by atoms with van der Waals surface area (Å²) in [5, 5.41) is 7.79. The molecule has 0 aliphatic rings. The molecule has 0 fully saturated rings. The molecule has 0 unspecified atom stereocenters. The number of hydrogen-bond donors (Lipinski definition) is 1. The lowest BCUT2D eigenvalue weighted by Gasteiger charge is -2.07. The second-order valence-electron chi connectivity index (χ2n) is 5.46. The van der Waals surface area contributed by atoms with E-state index in [1.807, 2.05) is 65.6 Å². The van der Waals surface area contributed by atoms with E-state index in [1.54, 1.807) is 7.11 Å². The minimum atomic E-state index is 0.558. The number of benzene rings is 2. The molecule has 1 aromatic heterocycles. The van der Waals surface area contributed by atoms with Crippen LogP contribution in [0.2, 0.25) is 0 Å². The largest absolute Gasteiger partial charge is 0.491 e. The van der Waals surface area contributed by atoms with Gasteiger partial charge in [-0.05, 0) is 45.8 Å². The van der Waals surface area contributed by atoms with E-state index in [2.05, 4.69) is 26.3 Å². The van der Waals surface area contributed by atoms with Crippen LogP contribution in [-0.2, 0) is 11.3 Å². The van der Waals surface area contributed by atoms with Crippen molar-refractivity contribution in [2.45, 2.75) is 6.54 Å². The molecule has 1 heterocycles. The molecule has 0 bridgehead atoms. The number of ether oxygens (including phenoxy) is 2. The number of hydrogen-bond acceptors (Lipinski definition) is 4. The molecule has 3 aromatic rings. The second-order valence-corrected chi connectivity index (χ2v) is 6.32. The SMILES string of the molecule is COCCOc1ccc(CNc2cnn(-c3ccccc3Br)c2)cc1. The Morgan fingerprint density at radius 1 is 1.08 bits per heavy atom. The smallest absolute Gasteiger partial charge is 0.119 e. The Hall–Kier alpha value is -2.31. The summed E-state index contributed by atoms with van der Waals surface area (Å²) >= 11 is 3.55. The zero-order valence-corrected chi connectivity index (χ0v) is 15.6. The first-order valence-corrected chi connectivity index (χ1v) is 8.79. The molecule has 25 heavy (non-hydrogen) atoms. The zero-order chi connectivity index (χ0) is 17.5. The number of nitrogens with one attached hydrogen (secondary N) is 1. The summed E-state index contributed by atoms with van der Waals surface area (Å²) in [5.41, 5.74) is 3.15. The van der Waals surface area contributed by atoms with Gasteiger partial charge in [0.25, 0.3) is 0 Å². The summed E-state index contributed by atoms with van der Waals surface area (Å²) < 4.78 is 13.4. The van der Waals surface area contributed by atoms with Crippen molar-refractivity contribution in [3.63, 3.8) is 0 Å². The molecule has 3 rings (SSSR count). The predicted octanol–water partition coefficient (Wildman–Crippen LogP) is 4.27. The van der Waals surface area contributed by atoms with Crippen molar-refractivity contribution in [1.29, 1.82) is 0 Å². The van der Waals surface area contributed by atoms with Gasteiger partial charge in [0.15, 0.2) is 0 Å². The minimum absolute atomic E-state index is 0.558. The third-order valence-electron chi connectivity index (χ3n) is 3.66. The fraction of sp³-hybridized carbons (Fsp3) is 0.211. The number of nitrogens with zero attached hydrogens (tertiary/aromatic N) is 2. The van der Waals surface area contributed by atoms with Crippen LogP contribution in [0.1, 0.15) is 5.56 Å². The van der Waals surface area contributed by atoms with Crippen LogP contribution in [0.15, 0.2) is 65.4 Å². The molecule has 0 aliphatic carbocycles. The van der Waals surface area contributed by atoms with Crippen LogP contribution >= 0.6 is 15.9 Å². The van der Waals surface area contributed by atoms with Crippen LogP contribution in [0, 0.1) is 0 Å². The molecule has 0 spiro atoms. The summed E-state index contributed by atoms with van der Waals surface area (Å²) in [6, 6.07) is 16.0. The van der Waals surface area contributed by atoms with Gasteiger partial charge in [0.05, 0.1) is 30.4 Å². The van der Waals surface area contributed by atoms with Crippen molar-refractivity contribution in [2.24, 2.45) is 0 Å². The quantitative estimate of drug-likeness (QED) is 0.572. The molecule has 6 heteroatoms. The fourth-order valence-corrected chi connectivity index (χ4v) is 2.80. The van der Waals surface area contributed by atoms with Gasteiger partial charge in [0, 0.05) is 18.1 Å². The molecule has 0 saturated carbocycles. The molecular formula is C19H20BrN3O2. The summed E-state index contributed by atoms with van der Waals surface area (Å²) in [5.74, 6) is 0.850. The molecule has 0 atom stereocenters. The highest BCUT2D eigenvalue weighted by molar-refractivity contribution is 9.10. The molecular weight excluding hydrogens is 382 g/mol. The number of halogens is 1. The monoisotopic (exact) mass is 401 g/mol. The Balaban J connectivity index is 1.56. The highest BCUT2D eigenvalue weighted by atomic mass is 79.9. The lowest BCUT2D eigenvalue weighted by Crippen LogP contribution is -2.04. The lowest BCUT2D eigenvalue weighted by atomic mass is 10.2.